The fourth-order valence-corrected chi connectivity index (χ4v) is 4.55. The molecule has 2 saturated heterocycles. The van der Waals surface area contributed by atoms with Crippen LogP contribution >= 0.6 is 15.9 Å². The summed E-state index contributed by atoms with van der Waals surface area (Å²) in [5.74, 6) is -0.763. The Hall–Kier alpha value is -3.00. The first-order valence-corrected chi connectivity index (χ1v) is 10.4. The molecule has 0 saturated carbocycles. The number of urea groups is 1. The van der Waals surface area contributed by atoms with Crippen LogP contribution in [0.4, 0.5) is 10.5 Å². The summed E-state index contributed by atoms with van der Waals surface area (Å²) < 4.78 is 0.696. The number of carbonyl (C=O) groups excluding carboxylic acids is 4. The van der Waals surface area contributed by atoms with Crippen LogP contribution in [0.2, 0.25) is 0 Å². The van der Waals surface area contributed by atoms with Crippen molar-refractivity contribution < 1.29 is 19.2 Å². The van der Waals surface area contributed by atoms with E-state index in [2.05, 4.69) is 21.2 Å². The summed E-state index contributed by atoms with van der Waals surface area (Å²) >= 11 is 3.42. The van der Waals surface area contributed by atoms with Crippen LogP contribution < -0.4 is 10.2 Å². The van der Waals surface area contributed by atoms with Crippen LogP contribution in [0, 0.1) is 0 Å². The molecule has 1 atom stereocenters. The summed E-state index contributed by atoms with van der Waals surface area (Å²) in [6.45, 7) is 1.94. The number of Topliss-reactive ketones (excluding diaryl/α,β-unsaturated/α-hetero) is 1. The Morgan fingerprint density at radius 2 is 1.80 bits per heavy atom. The van der Waals surface area contributed by atoms with Gasteiger partial charge in [0.25, 0.3) is 5.91 Å². The number of amides is 4. The van der Waals surface area contributed by atoms with Crippen molar-refractivity contribution in [2.45, 2.75) is 25.3 Å². The molecule has 2 aromatic rings. The molecule has 154 valence electrons. The second-order valence-corrected chi connectivity index (χ2v) is 8.40. The Kier molecular flexibility index (Phi) is 5.19. The number of hydrogen-bond acceptors (Lipinski definition) is 4. The Labute approximate surface area is 182 Å². The van der Waals surface area contributed by atoms with Crippen LogP contribution in [-0.4, -0.2) is 41.6 Å². The molecule has 30 heavy (non-hydrogen) atoms. The second-order valence-electron chi connectivity index (χ2n) is 7.55. The lowest BCUT2D eigenvalue weighted by molar-refractivity contribution is -0.130. The largest absolute Gasteiger partial charge is 0.325 e. The number of imide groups is 1. The van der Waals surface area contributed by atoms with Gasteiger partial charge in [-0.05, 0) is 43.7 Å². The number of rotatable bonds is 5. The van der Waals surface area contributed by atoms with E-state index in [0.717, 1.165) is 17.0 Å². The van der Waals surface area contributed by atoms with Gasteiger partial charge in [-0.25, -0.2) is 4.79 Å². The zero-order chi connectivity index (χ0) is 21.5. The smallest absolute Gasteiger partial charge is 0.319 e. The molecule has 2 aliphatic rings. The summed E-state index contributed by atoms with van der Waals surface area (Å²) in [4.78, 5) is 52.8. The number of ketones is 1. The molecule has 7 nitrogen and oxygen atoms in total. The van der Waals surface area contributed by atoms with Crippen LogP contribution in [0.1, 0.15) is 35.7 Å². The number of nitrogens with zero attached hydrogens (tertiary/aromatic N) is 2. The maximum atomic E-state index is 13.0. The average molecular weight is 470 g/mol. The molecule has 8 heteroatoms. The molecule has 0 aromatic heterocycles. The number of hydrogen-bond donors (Lipinski definition) is 1. The third kappa shape index (κ3) is 3.41. The number of benzene rings is 2. The fourth-order valence-electron chi connectivity index (χ4n) is 3.87. The number of halogens is 1. The lowest BCUT2D eigenvalue weighted by Crippen LogP contribution is -2.41. The Bertz CT molecular complexity index is 1050. The lowest BCUT2D eigenvalue weighted by Gasteiger charge is -2.23. The highest BCUT2D eigenvalue weighted by molar-refractivity contribution is 9.10. The normalized spacial score (nSPS) is 21.3. The van der Waals surface area contributed by atoms with Crippen molar-refractivity contribution in [3.8, 4) is 0 Å². The first-order valence-electron chi connectivity index (χ1n) is 9.64. The highest BCUT2D eigenvalue weighted by Gasteiger charge is 2.50. The summed E-state index contributed by atoms with van der Waals surface area (Å²) in [5, 5.41) is 2.71. The predicted molar refractivity (Wildman–Crippen MR) is 114 cm³/mol. The summed E-state index contributed by atoms with van der Waals surface area (Å²) in [6.07, 6.45) is 1.35. The molecule has 0 bridgehead atoms. The van der Waals surface area contributed by atoms with Gasteiger partial charge in [0.05, 0.1) is 6.54 Å². The fraction of sp³-hybridized carbons (Fsp3) is 0.273. The zero-order valence-electron chi connectivity index (χ0n) is 16.4. The van der Waals surface area contributed by atoms with E-state index in [1.807, 2.05) is 6.07 Å². The molecular formula is C22H20BrN3O4. The number of nitrogens with one attached hydrogen (secondary N) is 1. The molecule has 4 rings (SSSR count). The van der Waals surface area contributed by atoms with E-state index in [9.17, 15) is 19.2 Å². The summed E-state index contributed by atoms with van der Waals surface area (Å²) in [5.41, 5.74) is 0.487. The Morgan fingerprint density at radius 1 is 1.10 bits per heavy atom. The highest BCUT2D eigenvalue weighted by atomic mass is 79.9. The molecule has 2 aliphatic heterocycles. The second kappa shape index (κ2) is 7.68. The summed E-state index contributed by atoms with van der Waals surface area (Å²) in [7, 11) is 0. The third-order valence-electron chi connectivity index (χ3n) is 5.56. The first kappa shape index (κ1) is 20.3. The van der Waals surface area contributed by atoms with Gasteiger partial charge in [0.15, 0.2) is 5.78 Å². The van der Waals surface area contributed by atoms with Crippen molar-refractivity contribution in [2.75, 3.05) is 18.0 Å². The molecule has 0 spiro atoms. The molecule has 0 unspecified atom stereocenters. The third-order valence-corrected chi connectivity index (χ3v) is 6.26. The van der Waals surface area contributed by atoms with E-state index in [0.29, 0.717) is 28.6 Å². The van der Waals surface area contributed by atoms with E-state index in [4.69, 9.17) is 0 Å². The first-order chi connectivity index (χ1) is 14.3. The Balaban J connectivity index is 1.51. The molecule has 0 aliphatic carbocycles. The van der Waals surface area contributed by atoms with Crippen molar-refractivity contribution in [2.24, 2.45) is 0 Å². The predicted octanol–water partition coefficient (Wildman–Crippen LogP) is 3.23. The highest BCUT2D eigenvalue weighted by Crippen LogP contribution is 2.33. The quantitative estimate of drug-likeness (QED) is 0.537. The van der Waals surface area contributed by atoms with Crippen molar-refractivity contribution in [3.05, 3.63) is 64.1 Å². The van der Waals surface area contributed by atoms with Crippen molar-refractivity contribution in [1.82, 2.24) is 10.2 Å². The van der Waals surface area contributed by atoms with Gasteiger partial charge in [-0.3, -0.25) is 19.3 Å². The zero-order valence-corrected chi connectivity index (χ0v) is 17.9. The minimum Gasteiger partial charge on any atom is -0.319 e. The van der Waals surface area contributed by atoms with Crippen LogP contribution in [0.5, 0.6) is 0 Å². The van der Waals surface area contributed by atoms with Gasteiger partial charge in [-0.2, -0.15) is 0 Å². The van der Waals surface area contributed by atoms with Gasteiger partial charge >= 0.3 is 6.03 Å². The standard InChI is InChI=1S/C22H20BrN3O4/c1-22(16-5-2-3-6-17(16)23)20(29)26(21(30)24-22)13-18(27)14-8-10-15(11-9-14)25-12-4-7-19(25)28/h2-3,5-6,8-11H,4,7,12-13H2,1H3,(H,24,30)/t22-/m0/s1. The lowest BCUT2D eigenvalue weighted by atomic mass is 9.92. The van der Waals surface area contributed by atoms with Crippen LogP contribution in [0.3, 0.4) is 0 Å². The van der Waals surface area contributed by atoms with E-state index in [-0.39, 0.29) is 18.2 Å². The van der Waals surface area contributed by atoms with E-state index in [1.165, 1.54) is 0 Å². The van der Waals surface area contributed by atoms with Crippen molar-refractivity contribution >= 4 is 45.2 Å². The van der Waals surface area contributed by atoms with Gasteiger partial charge in [0.2, 0.25) is 5.91 Å². The van der Waals surface area contributed by atoms with Gasteiger partial charge in [-0.15, -0.1) is 0 Å². The van der Waals surface area contributed by atoms with Gasteiger partial charge in [0, 0.05) is 34.3 Å². The van der Waals surface area contributed by atoms with Gasteiger partial charge < -0.3 is 10.2 Å². The molecule has 2 heterocycles. The monoisotopic (exact) mass is 469 g/mol. The van der Waals surface area contributed by atoms with Crippen molar-refractivity contribution in [1.29, 1.82) is 0 Å². The van der Waals surface area contributed by atoms with Crippen molar-refractivity contribution in [3.63, 3.8) is 0 Å². The Morgan fingerprint density at radius 3 is 2.43 bits per heavy atom. The van der Waals surface area contributed by atoms with Gasteiger partial charge in [-0.1, -0.05) is 34.1 Å². The van der Waals surface area contributed by atoms with E-state index in [1.54, 1.807) is 54.3 Å². The van der Waals surface area contributed by atoms with E-state index < -0.39 is 17.5 Å². The SMILES string of the molecule is C[C@@]1(c2ccccc2Br)NC(=O)N(CC(=O)c2ccc(N3CCCC3=O)cc2)C1=O. The van der Waals surface area contributed by atoms with Crippen LogP contribution in [-0.2, 0) is 15.1 Å². The molecule has 0 radical (unpaired) electrons. The topological polar surface area (TPSA) is 86.8 Å². The average Bonchev–Trinajstić information content (AvgIpc) is 3.25. The number of anilines is 1. The summed E-state index contributed by atoms with van der Waals surface area (Å²) in [6, 6.07) is 13.2. The maximum absolute atomic E-state index is 13.0. The molecular weight excluding hydrogens is 450 g/mol. The van der Waals surface area contributed by atoms with Crippen LogP contribution in [0.15, 0.2) is 53.0 Å². The van der Waals surface area contributed by atoms with Crippen LogP contribution in [0.25, 0.3) is 0 Å². The molecule has 2 fully saturated rings. The molecule has 1 N–H and O–H groups in total. The maximum Gasteiger partial charge on any atom is 0.325 e. The van der Waals surface area contributed by atoms with Gasteiger partial charge in [0.1, 0.15) is 5.54 Å². The molecule has 4 amide bonds. The minimum absolute atomic E-state index is 0.0692. The number of carbonyl (C=O) groups is 4. The molecule has 2 aromatic carbocycles. The van der Waals surface area contributed by atoms with E-state index >= 15 is 0 Å². The minimum atomic E-state index is -1.25.